The van der Waals surface area contributed by atoms with Crippen LogP contribution in [0.4, 0.5) is 0 Å². The molecule has 1 aliphatic rings. The van der Waals surface area contributed by atoms with E-state index in [1.165, 1.54) is 0 Å². The van der Waals surface area contributed by atoms with Crippen LogP contribution in [0.15, 0.2) is 0 Å². The molecule has 8 heteroatoms. The first-order chi connectivity index (χ1) is 6.36. The summed E-state index contributed by atoms with van der Waals surface area (Å²) in [6.07, 6.45) is -9.48. The largest absolute Gasteiger partial charge is 0.387 e. The Morgan fingerprint density at radius 2 is 1.21 bits per heavy atom. The predicted octanol–water partition coefficient (Wildman–Crippen LogP) is -3.48. The summed E-state index contributed by atoms with van der Waals surface area (Å²) in [7, 11) is -1.54. The molecule has 1 rings (SSSR count). The van der Waals surface area contributed by atoms with E-state index in [2.05, 4.69) is 0 Å². The molecule has 0 saturated heterocycles. The van der Waals surface area contributed by atoms with E-state index < -0.39 is 44.3 Å². The smallest absolute Gasteiger partial charge is 0.188 e. The Hall–Kier alpha value is -0.140. The van der Waals surface area contributed by atoms with Gasteiger partial charge < -0.3 is 30.6 Å². The van der Waals surface area contributed by atoms with Crippen LogP contribution in [0.25, 0.3) is 0 Å². The fraction of sp³-hybridized carbons (Fsp3) is 1.00. The molecule has 0 amide bonds. The number of aliphatic hydroxyl groups excluding tert-OH is 5. The average Bonchev–Trinajstić information content (AvgIpc) is 2.21. The lowest BCUT2D eigenvalue weighted by Crippen LogP contribution is -2.68. The first kappa shape index (κ1) is 11.9. The van der Waals surface area contributed by atoms with Gasteiger partial charge in [0, 0.05) is 0 Å². The van der Waals surface area contributed by atoms with Crippen molar-refractivity contribution in [1.82, 2.24) is 0 Å². The fourth-order valence-corrected chi connectivity index (χ4v) is 1.97. The molecule has 7 atom stereocenters. The molecular formula is C6H12O7P. The molecule has 0 aromatic rings. The summed E-state index contributed by atoms with van der Waals surface area (Å²) in [4.78, 5) is 0. The molecule has 0 aromatic heterocycles. The quantitative estimate of drug-likeness (QED) is 0.256. The molecule has 1 saturated carbocycles. The Kier molecular flexibility index (Phi) is 3.23. The lowest BCUT2D eigenvalue weighted by atomic mass is 9.84. The van der Waals surface area contributed by atoms with Gasteiger partial charge in [-0.25, -0.2) is 0 Å². The van der Waals surface area contributed by atoms with Crippen molar-refractivity contribution in [1.29, 1.82) is 0 Å². The summed E-state index contributed by atoms with van der Waals surface area (Å²) in [6.45, 7) is 0. The van der Waals surface area contributed by atoms with Gasteiger partial charge in [-0.2, -0.15) is 0 Å². The minimum Gasteiger partial charge on any atom is -0.387 e. The molecule has 0 aromatic carbocycles. The van der Waals surface area contributed by atoms with Crippen LogP contribution >= 0.6 is 8.46 Å². The van der Waals surface area contributed by atoms with Gasteiger partial charge in [-0.15, -0.1) is 0 Å². The molecule has 6 N–H and O–H groups in total. The summed E-state index contributed by atoms with van der Waals surface area (Å²) in [5, 5.41) is 52.7. The lowest BCUT2D eigenvalue weighted by molar-refractivity contribution is -0.237. The molecule has 14 heavy (non-hydrogen) atoms. The van der Waals surface area contributed by atoms with Crippen molar-refractivity contribution in [2.24, 2.45) is 0 Å². The van der Waals surface area contributed by atoms with E-state index in [0.717, 1.165) is 0 Å². The molecule has 0 aliphatic heterocycles. The van der Waals surface area contributed by atoms with Crippen molar-refractivity contribution in [3.63, 3.8) is 0 Å². The van der Waals surface area contributed by atoms with E-state index in [1.54, 1.807) is 0 Å². The molecular weight excluding hydrogens is 215 g/mol. The summed E-state index contributed by atoms with van der Waals surface area (Å²) < 4.78 is 10.6. The summed E-state index contributed by atoms with van der Waals surface area (Å²) in [6, 6.07) is 0. The van der Waals surface area contributed by atoms with Crippen LogP contribution in [-0.2, 0) is 4.57 Å². The Morgan fingerprint density at radius 3 is 1.50 bits per heavy atom. The maximum absolute atomic E-state index is 10.6. The number of hydrogen-bond acceptors (Lipinski definition) is 7. The van der Waals surface area contributed by atoms with Crippen LogP contribution in [0.2, 0.25) is 0 Å². The minimum atomic E-state index is -2.52. The second kappa shape index (κ2) is 3.79. The van der Waals surface area contributed by atoms with Crippen LogP contribution in [0, 0.1) is 0 Å². The fourth-order valence-electron chi connectivity index (χ4n) is 1.39. The lowest BCUT2D eigenvalue weighted by Gasteiger charge is -2.44. The number of rotatable bonds is 1. The zero-order chi connectivity index (χ0) is 11.1. The van der Waals surface area contributed by atoms with Crippen LogP contribution < -0.4 is 0 Å². The van der Waals surface area contributed by atoms with Gasteiger partial charge in [0.25, 0.3) is 0 Å². The number of hydrogen-bond donors (Lipinski definition) is 6. The van der Waals surface area contributed by atoms with Crippen molar-refractivity contribution in [2.75, 3.05) is 0 Å². The van der Waals surface area contributed by atoms with Crippen LogP contribution in [0.5, 0.6) is 0 Å². The molecule has 83 valence electrons. The summed E-state index contributed by atoms with van der Waals surface area (Å²) in [5.74, 6) is 0. The SMILES string of the molecule is O=[PH][C@]1(O)[C@H](O)[C@H](O)[C@@H](O)[C@H](O)[C@H]1O. The Bertz CT molecular complexity index is 218. The Balaban J connectivity index is 3.04. The molecule has 1 fully saturated rings. The van der Waals surface area contributed by atoms with Gasteiger partial charge in [0.1, 0.15) is 30.5 Å². The molecule has 1 radical (unpaired) electrons. The standard InChI is InChI=1S/C6H12O7P/c7-1-2(8)4(10)6(12,14-13)5(11)3(1)9/h1-5,7-12,14H/t1-,2-,3+,4-,5-,6-/m1/s1. The molecule has 0 heterocycles. The molecule has 0 bridgehead atoms. The van der Waals surface area contributed by atoms with E-state index in [9.17, 15) is 19.9 Å². The second-order valence-electron chi connectivity index (χ2n) is 3.29. The van der Waals surface area contributed by atoms with E-state index in [4.69, 9.17) is 15.3 Å². The third-order valence-corrected chi connectivity index (χ3v) is 3.33. The van der Waals surface area contributed by atoms with Crippen molar-refractivity contribution < 1.29 is 35.2 Å². The van der Waals surface area contributed by atoms with Crippen molar-refractivity contribution in [3.05, 3.63) is 0 Å². The number of aliphatic hydroxyl groups is 6. The van der Waals surface area contributed by atoms with Gasteiger partial charge in [0.2, 0.25) is 0 Å². The maximum atomic E-state index is 10.6. The van der Waals surface area contributed by atoms with Gasteiger partial charge in [-0.1, -0.05) is 0 Å². The van der Waals surface area contributed by atoms with Crippen LogP contribution in [0.1, 0.15) is 0 Å². The van der Waals surface area contributed by atoms with Gasteiger partial charge in [0.05, 0.1) is 8.46 Å². The first-order valence-electron chi connectivity index (χ1n) is 3.88. The summed E-state index contributed by atoms with van der Waals surface area (Å²) >= 11 is 0. The second-order valence-corrected chi connectivity index (χ2v) is 4.29. The highest BCUT2D eigenvalue weighted by molar-refractivity contribution is 7.25. The Morgan fingerprint density at radius 1 is 0.857 bits per heavy atom. The zero-order valence-corrected chi connectivity index (χ0v) is 7.98. The van der Waals surface area contributed by atoms with Gasteiger partial charge >= 0.3 is 0 Å². The normalized spacial score (nSPS) is 54.9. The Labute approximate surface area is 80.4 Å². The highest BCUT2D eigenvalue weighted by Crippen LogP contribution is 2.37. The first-order valence-corrected chi connectivity index (χ1v) is 4.79. The molecule has 1 unspecified atom stereocenters. The maximum Gasteiger partial charge on any atom is 0.188 e. The van der Waals surface area contributed by atoms with Crippen molar-refractivity contribution >= 4 is 8.46 Å². The van der Waals surface area contributed by atoms with Gasteiger partial charge in [-0.05, 0) is 0 Å². The third kappa shape index (κ3) is 1.47. The van der Waals surface area contributed by atoms with E-state index in [0.29, 0.717) is 0 Å². The molecule has 7 nitrogen and oxygen atoms in total. The third-order valence-electron chi connectivity index (χ3n) is 2.41. The summed E-state index contributed by atoms with van der Waals surface area (Å²) in [5.41, 5.74) is 0. The van der Waals surface area contributed by atoms with Crippen molar-refractivity contribution in [2.45, 2.75) is 35.9 Å². The topological polar surface area (TPSA) is 138 Å². The average molecular weight is 227 g/mol. The molecule has 1 aliphatic carbocycles. The van der Waals surface area contributed by atoms with E-state index in [1.807, 2.05) is 0 Å². The van der Waals surface area contributed by atoms with Crippen molar-refractivity contribution in [3.8, 4) is 0 Å². The van der Waals surface area contributed by atoms with E-state index >= 15 is 0 Å². The van der Waals surface area contributed by atoms with Gasteiger partial charge in [-0.3, -0.25) is 4.57 Å². The monoisotopic (exact) mass is 227 g/mol. The van der Waals surface area contributed by atoms with Crippen LogP contribution in [0.3, 0.4) is 0 Å². The minimum absolute atomic E-state index is 1.54. The predicted molar refractivity (Wildman–Crippen MR) is 44.0 cm³/mol. The highest BCUT2D eigenvalue weighted by Gasteiger charge is 2.57. The highest BCUT2D eigenvalue weighted by atomic mass is 31.1. The van der Waals surface area contributed by atoms with Crippen LogP contribution in [-0.4, -0.2) is 66.5 Å². The van der Waals surface area contributed by atoms with E-state index in [-0.39, 0.29) is 0 Å². The van der Waals surface area contributed by atoms with Gasteiger partial charge in [0.15, 0.2) is 5.34 Å². The molecule has 0 spiro atoms. The zero-order valence-electron chi connectivity index (χ0n) is 6.98.